The lowest BCUT2D eigenvalue weighted by Crippen LogP contribution is -2.15. The summed E-state index contributed by atoms with van der Waals surface area (Å²) >= 11 is 0. The molecule has 3 heterocycles. The Labute approximate surface area is 107 Å². The number of imidazole rings is 1. The molecule has 0 saturated carbocycles. The minimum atomic E-state index is 0.340. The first-order valence-electron chi connectivity index (χ1n) is 6.69. The summed E-state index contributed by atoms with van der Waals surface area (Å²) in [7, 11) is 0. The van der Waals surface area contributed by atoms with Crippen LogP contribution in [0.25, 0.3) is 11.2 Å². The SMILES string of the molecule is Cc1nn(C(C)C)c2nc(C3CCOCC3)[nH]c12. The molecule has 0 aliphatic carbocycles. The number of aryl methyl sites for hydroxylation is 1. The zero-order valence-corrected chi connectivity index (χ0v) is 11.2. The van der Waals surface area contributed by atoms with Gasteiger partial charge in [-0.1, -0.05) is 0 Å². The molecule has 0 spiro atoms. The number of aromatic amines is 1. The Kier molecular flexibility index (Phi) is 2.86. The molecule has 0 radical (unpaired) electrons. The Morgan fingerprint density at radius 2 is 2.06 bits per heavy atom. The third kappa shape index (κ3) is 1.82. The second kappa shape index (κ2) is 4.39. The maximum atomic E-state index is 5.40. The van der Waals surface area contributed by atoms with Crippen molar-refractivity contribution in [3.63, 3.8) is 0 Å². The summed E-state index contributed by atoms with van der Waals surface area (Å²) in [6, 6.07) is 0.340. The summed E-state index contributed by atoms with van der Waals surface area (Å²) in [5.74, 6) is 1.61. The zero-order chi connectivity index (χ0) is 12.7. The highest BCUT2D eigenvalue weighted by atomic mass is 16.5. The second-order valence-corrected chi connectivity index (χ2v) is 5.33. The van der Waals surface area contributed by atoms with Crippen LogP contribution in [0, 0.1) is 6.92 Å². The highest BCUT2D eigenvalue weighted by Gasteiger charge is 2.22. The van der Waals surface area contributed by atoms with E-state index in [9.17, 15) is 0 Å². The molecular formula is C13H20N4O. The van der Waals surface area contributed by atoms with Gasteiger partial charge >= 0.3 is 0 Å². The Hall–Kier alpha value is -1.36. The quantitative estimate of drug-likeness (QED) is 0.888. The number of nitrogens with one attached hydrogen (secondary N) is 1. The summed E-state index contributed by atoms with van der Waals surface area (Å²) < 4.78 is 7.41. The van der Waals surface area contributed by atoms with Gasteiger partial charge in [0.25, 0.3) is 0 Å². The van der Waals surface area contributed by atoms with Crippen molar-refractivity contribution >= 4 is 11.2 Å². The Morgan fingerprint density at radius 3 is 2.72 bits per heavy atom. The molecule has 2 aromatic rings. The van der Waals surface area contributed by atoms with E-state index in [-0.39, 0.29) is 0 Å². The van der Waals surface area contributed by atoms with E-state index in [4.69, 9.17) is 9.72 Å². The molecule has 2 aromatic heterocycles. The smallest absolute Gasteiger partial charge is 0.176 e. The van der Waals surface area contributed by atoms with E-state index in [0.29, 0.717) is 12.0 Å². The Morgan fingerprint density at radius 1 is 1.33 bits per heavy atom. The van der Waals surface area contributed by atoms with Crippen molar-refractivity contribution in [2.45, 2.75) is 45.6 Å². The fraction of sp³-hybridized carbons (Fsp3) is 0.692. The van der Waals surface area contributed by atoms with Crippen LogP contribution in [-0.2, 0) is 4.74 Å². The molecule has 0 bridgehead atoms. The van der Waals surface area contributed by atoms with E-state index in [0.717, 1.165) is 48.7 Å². The third-order valence-electron chi connectivity index (χ3n) is 3.64. The standard InChI is InChI=1S/C13H20N4O/c1-8(2)17-13-11(9(3)16-17)14-12(15-13)10-4-6-18-7-5-10/h8,10H,4-7H2,1-3H3,(H,14,15). The van der Waals surface area contributed by atoms with Gasteiger partial charge in [0.15, 0.2) is 5.65 Å². The fourth-order valence-electron chi connectivity index (χ4n) is 2.58. The number of hydrogen-bond acceptors (Lipinski definition) is 3. The molecular weight excluding hydrogens is 228 g/mol. The van der Waals surface area contributed by atoms with Gasteiger partial charge in [-0.25, -0.2) is 9.67 Å². The Bertz CT molecular complexity index is 549. The number of ether oxygens (including phenoxy) is 1. The van der Waals surface area contributed by atoms with Crippen LogP contribution in [0.1, 0.15) is 50.2 Å². The maximum Gasteiger partial charge on any atom is 0.176 e. The Balaban J connectivity index is 2.02. The largest absolute Gasteiger partial charge is 0.381 e. The van der Waals surface area contributed by atoms with E-state index < -0.39 is 0 Å². The van der Waals surface area contributed by atoms with Gasteiger partial charge in [-0.3, -0.25) is 0 Å². The van der Waals surface area contributed by atoms with Gasteiger partial charge in [-0.05, 0) is 33.6 Å². The van der Waals surface area contributed by atoms with Crippen LogP contribution in [0.15, 0.2) is 0 Å². The molecule has 0 atom stereocenters. The molecule has 1 saturated heterocycles. The van der Waals surface area contributed by atoms with Crippen LogP contribution in [0.4, 0.5) is 0 Å². The molecule has 1 aliphatic heterocycles. The zero-order valence-electron chi connectivity index (χ0n) is 11.2. The summed E-state index contributed by atoms with van der Waals surface area (Å²) in [4.78, 5) is 8.23. The summed E-state index contributed by atoms with van der Waals surface area (Å²) in [5, 5.41) is 4.53. The van der Waals surface area contributed by atoms with Gasteiger partial charge in [-0.2, -0.15) is 5.10 Å². The van der Waals surface area contributed by atoms with E-state index >= 15 is 0 Å². The fourth-order valence-corrected chi connectivity index (χ4v) is 2.58. The molecule has 0 amide bonds. The molecule has 18 heavy (non-hydrogen) atoms. The highest BCUT2D eigenvalue weighted by Crippen LogP contribution is 2.28. The molecule has 5 nitrogen and oxygen atoms in total. The van der Waals surface area contributed by atoms with Gasteiger partial charge in [0.05, 0.1) is 5.69 Å². The van der Waals surface area contributed by atoms with E-state index in [1.54, 1.807) is 0 Å². The summed E-state index contributed by atoms with van der Waals surface area (Å²) in [6.45, 7) is 7.99. The molecule has 1 aliphatic rings. The predicted molar refractivity (Wildman–Crippen MR) is 69.8 cm³/mol. The lowest BCUT2D eigenvalue weighted by Gasteiger charge is -2.19. The molecule has 3 rings (SSSR count). The van der Waals surface area contributed by atoms with E-state index in [2.05, 4.69) is 23.9 Å². The highest BCUT2D eigenvalue weighted by molar-refractivity contribution is 5.74. The van der Waals surface area contributed by atoms with Crippen molar-refractivity contribution < 1.29 is 4.74 Å². The first-order chi connectivity index (χ1) is 8.66. The second-order valence-electron chi connectivity index (χ2n) is 5.33. The van der Waals surface area contributed by atoms with Gasteiger partial charge in [0.2, 0.25) is 0 Å². The third-order valence-corrected chi connectivity index (χ3v) is 3.64. The van der Waals surface area contributed by atoms with Gasteiger partial charge < -0.3 is 9.72 Å². The van der Waals surface area contributed by atoms with Crippen molar-refractivity contribution in [2.75, 3.05) is 13.2 Å². The van der Waals surface area contributed by atoms with Crippen LogP contribution in [0.3, 0.4) is 0 Å². The summed E-state index contributed by atoms with van der Waals surface area (Å²) in [6.07, 6.45) is 2.12. The van der Waals surface area contributed by atoms with Crippen LogP contribution in [0.5, 0.6) is 0 Å². The van der Waals surface area contributed by atoms with Gasteiger partial charge in [0, 0.05) is 25.2 Å². The monoisotopic (exact) mass is 248 g/mol. The van der Waals surface area contributed by atoms with Crippen molar-refractivity contribution in [1.29, 1.82) is 0 Å². The van der Waals surface area contributed by atoms with Crippen LogP contribution < -0.4 is 0 Å². The van der Waals surface area contributed by atoms with Crippen molar-refractivity contribution in [3.05, 3.63) is 11.5 Å². The van der Waals surface area contributed by atoms with Crippen LogP contribution in [0.2, 0.25) is 0 Å². The number of rotatable bonds is 2. The minimum absolute atomic E-state index is 0.340. The first kappa shape index (κ1) is 11.7. The maximum absolute atomic E-state index is 5.40. The number of H-pyrrole nitrogens is 1. The molecule has 1 N–H and O–H groups in total. The van der Waals surface area contributed by atoms with Crippen molar-refractivity contribution in [2.24, 2.45) is 0 Å². The minimum Gasteiger partial charge on any atom is -0.381 e. The average Bonchev–Trinajstić information content (AvgIpc) is 2.91. The predicted octanol–water partition coefficient (Wildman–Crippen LogP) is 2.54. The number of hydrogen-bond donors (Lipinski definition) is 1. The number of fused-ring (bicyclic) bond motifs is 1. The van der Waals surface area contributed by atoms with Crippen molar-refractivity contribution in [3.8, 4) is 0 Å². The molecule has 5 heteroatoms. The average molecular weight is 248 g/mol. The topological polar surface area (TPSA) is 55.7 Å². The van der Waals surface area contributed by atoms with Crippen LogP contribution >= 0.6 is 0 Å². The lowest BCUT2D eigenvalue weighted by molar-refractivity contribution is 0.0838. The number of nitrogens with zero attached hydrogens (tertiary/aromatic N) is 3. The molecule has 98 valence electrons. The van der Waals surface area contributed by atoms with Crippen LogP contribution in [-0.4, -0.2) is 33.0 Å². The van der Waals surface area contributed by atoms with E-state index in [1.165, 1.54) is 0 Å². The molecule has 0 unspecified atom stereocenters. The summed E-state index contributed by atoms with van der Waals surface area (Å²) in [5.41, 5.74) is 3.11. The molecule has 1 fully saturated rings. The van der Waals surface area contributed by atoms with Gasteiger partial charge in [-0.15, -0.1) is 0 Å². The normalized spacial score (nSPS) is 18.0. The first-order valence-corrected chi connectivity index (χ1v) is 6.69. The number of aromatic nitrogens is 4. The van der Waals surface area contributed by atoms with Crippen molar-refractivity contribution in [1.82, 2.24) is 19.7 Å². The van der Waals surface area contributed by atoms with Gasteiger partial charge in [0.1, 0.15) is 11.3 Å². The molecule has 0 aromatic carbocycles. The van der Waals surface area contributed by atoms with E-state index in [1.807, 2.05) is 11.6 Å². The lowest BCUT2D eigenvalue weighted by atomic mass is 10.00.